The van der Waals surface area contributed by atoms with Gasteiger partial charge in [-0.15, -0.1) is 0 Å². The van der Waals surface area contributed by atoms with Crippen LogP contribution in [0.15, 0.2) is 59.5 Å². The lowest BCUT2D eigenvalue weighted by atomic mass is 10.0. The SMILES string of the molecule is Cc1cc(COc2ccc(S(=O)(=O)CC3(CNC(=O)O)NC(=O)NC3=O)cc2)c2ccccc2n1. The maximum atomic E-state index is 13.0. The van der Waals surface area contributed by atoms with Gasteiger partial charge in [-0.05, 0) is 43.3 Å². The van der Waals surface area contributed by atoms with Gasteiger partial charge in [-0.2, -0.15) is 0 Å². The molecule has 4 N–H and O–H groups in total. The van der Waals surface area contributed by atoms with Crippen LogP contribution in [0.3, 0.4) is 0 Å². The molecule has 2 aromatic carbocycles. The highest BCUT2D eigenvalue weighted by atomic mass is 32.2. The van der Waals surface area contributed by atoms with Gasteiger partial charge >= 0.3 is 12.1 Å². The van der Waals surface area contributed by atoms with Gasteiger partial charge in [0.1, 0.15) is 12.4 Å². The van der Waals surface area contributed by atoms with Crippen molar-refractivity contribution in [3.63, 3.8) is 0 Å². The van der Waals surface area contributed by atoms with Crippen molar-refractivity contribution in [2.45, 2.75) is 24.0 Å². The van der Waals surface area contributed by atoms with Gasteiger partial charge in [-0.25, -0.2) is 18.0 Å². The van der Waals surface area contributed by atoms with E-state index < -0.39 is 45.7 Å². The molecule has 0 radical (unpaired) electrons. The number of pyridine rings is 1. The van der Waals surface area contributed by atoms with E-state index in [9.17, 15) is 22.8 Å². The lowest BCUT2D eigenvalue weighted by Crippen LogP contribution is -2.59. The first-order valence-electron chi connectivity index (χ1n) is 10.5. The summed E-state index contributed by atoms with van der Waals surface area (Å²) in [7, 11) is -4.10. The number of fused-ring (bicyclic) bond motifs is 1. The molecule has 0 aliphatic carbocycles. The molecule has 4 rings (SSSR count). The zero-order chi connectivity index (χ0) is 25.2. The van der Waals surface area contributed by atoms with E-state index in [1.54, 1.807) is 0 Å². The number of nitrogens with one attached hydrogen (secondary N) is 3. The summed E-state index contributed by atoms with van der Waals surface area (Å²) in [5.41, 5.74) is 0.657. The van der Waals surface area contributed by atoms with Crippen molar-refractivity contribution in [3.05, 3.63) is 65.9 Å². The van der Waals surface area contributed by atoms with Crippen LogP contribution in [0.25, 0.3) is 10.9 Å². The van der Waals surface area contributed by atoms with Crippen LogP contribution in [-0.4, -0.2) is 54.4 Å². The highest BCUT2D eigenvalue weighted by Gasteiger charge is 2.49. The van der Waals surface area contributed by atoms with E-state index in [0.717, 1.165) is 22.2 Å². The summed E-state index contributed by atoms with van der Waals surface area (Å²) in [6, 6.07) is 14.3. The normalized spacial score (nSPS) is 17.6. The van der Waals surface area contributed by atoms with Crippen molar-refractivity contribution >= 4 is 38.8 Å². The monoisotopic (exact) mass is 498 g/mol. The van der Waals surface area contributed by atoms with E-state index in [1.165, 1.54) is 24.3 Å². The Hall–Kier alpha value is -4.19. The largest absolute Gasteiger partial charge is 0.489 e. The number of imide groups is 1. The van der Waals surface area contributed by atoms with E-state index in [-0.39, 0.29) is 11.5 Å². The number of para-hydroxylation sites is 1. The summed E-state index contributed by atoms with van der Waals surface area (Å²) in [6.45, 7) is 1.52. The molecule has 182 valence electrons. The fourth-order valence-corrected chi connectivity index (χ4v) is 5.53. The first-order chi connectivity index (χ1) is 16.6. The number of urea groups is 1. The molecule has 0 spiro atoms. The van der Waals surface area contributed by atoms with E-state index in [2.05, 4.69) is 10.3 Å². The number of aromatic nitrogens is 1. The Kier molecular flexibility index (Phi) is 6.31. The average molecular weight is 499 g/mol. The molecule has 1 aliphatic rings. The zero-order valence-corrected chi connectivity index (χ0v) is 19.4. The van der Waals surface area contributed by atoms with E-state index in [4.69, 9.17) is 9.84 Å². The summed E-state index contributed by atoms with van der Waals surface area (Å²) in [5, 5.41) is 16.0. The third kappa shape index (κ3) is 5.17. The number of hydrogen-bond donors (Lipinski definition) is 4. The number of hydrogen-bond acceptors (Lipinski definition) is 7. The van der Waals surface area contributed by atoms with Crippen LogP contribution in [-0.2, 0) is 21.2 Å². The molecule has 2 heterocycles. The van der Waals surface area contributed by atoms with Crippen molar-refractivity contribution in [1.82, 2.24) is 20.9 Å². The van der Waals surface area contributed by atoms with E-state index >= 15 is 0 Å². The molecule has 11 nitrogen and oxygen atoms in total. The Balaban J connectivity index is 1.50. The quantitative estimate of drug-likeness (QED) is 0.341. The molecular formula is C23H22N4O7S. The molecule has 0 saturated carbocycles. The second kappa shape index (κ2) is 9.22. The summed E-state index contributed by atoms with van der Waals surface area (Å²) in [6.07, 6.45) is -1.46. The Morgan fingerprint density at radius 1 is 1.14 bits per heavy atom. The van der Waals surface area contributed by atoms with Crippen LogP contribution in [0.2, 0.25) is 0 Å². The molecule has 4 amide bonds. The van der Waals surface area contributed by atoms with Gasteiger partial charge in [-0.3, -0.25) is 15.1 Å². The van der Waals surface area contributed by atoms with Crippen molar-refractivity contribution < 1.29 is 32.6 Å². The molecule has 1 aromatic heterocycles. The fraction of sp³-hybridized carbons (Fsp3) is 0.217. The summed E-state index contributed by atoms with van der Waals surface area (Å²) < 4.78 is 31.9. The van der Waals surface area contributed by atoms with Crippen LogP contribution < -0.4 is 20.7 Å². The molecule has 3 aromatic rings. The minimum Gasteiger partial charge on any atom is -0.489 e. The standard InChI is InChI=1S/C23H22N4O7S/c1-14-10-15(18-4-2-3-5-19(18)25-14)11-34-16-6-8-17(9-7-16)35(32,33)13-23(12-24-22(30)31)20(28)26-21(29)27-23/h2-10,24H,11-13H2,1H3,(H,30,31)(H2,26,27,28,29). The first-order valence-corrected chi connectivity index (χ1v) is 12.1. The number of benzene rings is 2. The topological polar surface area (TPSA) is 164 Å². The Morgan fingerprint density at radius 3 is 2.51 bits per heavy atom. The number of carbonyl (C=O) groups is 3. The van der Waals surface area contributed by atoms with Crippen molar-refractivity contribution in [3.8, 4) is 5.75 Å². The van der Waals surface area contributed by atoms with Crippen molar-refractivity contribution in [2.24, 2.45) is 0 Å². The number of nitrogens with zero attached hydrogens (tertiary/aromatic N) is 1. The van der Waals surface area contributed by atoms with Crippen LogP contribution in [0, 0.1) is 6.92 Å². The van der Waals surface area contributed by atoms with Crippen LogP contribution >= 0.6 is 0 Å². The summed E-state index contributed by atoms with van der Waals surface area (Å²) in [5.74, 6) is -1.34. The number of ether oxygens (including phenoxy) is 1. The lowest BCUT2D eigenvalue weighted by molar-refractivity contribution is -0.123. The molecule has 1 unspecified atom stereocenters. The Bertz CT molecular complexity index is 1420. The third-order valence-corrected chi connectivity index (χ3v) is 7.36. The number of rotatable bonds is 8. The molecule has 1 atom stereocenters. The number of sulfone groups is 1. The molecular weight excluding hydrogens is 476 g/mol. The van der Waals surface area contributed by atoms with Gasteiger partial charge in [-0.1, -0.05) is 18.2 Å². The smallest absolute Gasteiger partial charge is 0.404 e. The molecule has 12 heteroatoms. The van der Waals surface area contributed by atoms with Gasteiger partial charge in [0.05, 0.1) is 22.7 Å². The third-order valence-electron chi connectivity index (χ3n) is 5.50. The van der Waals surface area contributed by atoms with E-state index in [0.29, 0.717) is 5.75 Å². The number of carboxylic acid groups (broad SMARTS) is 1. The maximum Gasteiger partial charge on any atom is 0.404 e. The van der Waals surface area contributed by atoms with Crippen LogP contribution in [0.4, 0.5) is 9.59 Å². The molecule has 1 saturated heterocycles. The van der Waals surface area contributed by atoms with Gasteiger partial charge in [0.2, 0.25) is 0 Å². The van der Waals surface area contributed by atoms with Gasteiger partial charge in [0.25, 0.3) is 5.91 Å². The van der Waals surface area contributed by atoms with Crippen LogP contribution in [0.5, 0.6) is 5.75 Å². The minimum absolute atomic E-state index is 0.112. The van der Waals surface area contributed by atoms with Crippen LogP contribution in [0.1, 0.15) is 11.3 Å². The second-order valence-electron chi connectivity index (χ2n) is 8.11. The van der Waals surface area contributed by atoms with Gasteiger partial charge in [0.15, 0.2) is 15.4 Å². The molecule has 0 bridgehead atoms. The fourth-order valence-electron chi connectivity index (χ4n) is 3.86. The van der Waals surface area contributed by atoms with Crippen molar-refractivity contribution in [2.75, 3.05) is 12.3 Å². The first kappa shape index (κ1) is 24.0. The second-order valence-corrected chi connectivity index (χ2v) is 10.1. The zero-order valence-electron chi connectivity index (χ0n) is 18.6. The van der Waals surface area contributed by atoms with Gasteiger partial charge in [0, 0.05) is 16.6 Å². The Labute approximate surface area is 200 Å². The highest BCUT2D eigenvalue weighted by molar-refractivity contribution is 7.91. The molecule has 1 fully saturated rings. The predicted molar refractivity (Wildman–Crippen MR) is 125 cm³/mol. The maximum absolute atomic E-state index is 13.0. The lowest BCUT2D eigenvalue weighted by Gasteiger charge is -2.25. The van der Waals surface area contributed by atoms with E-state index in [1.807, 2.05) is 47.9 Å². The Morgan fingerprint density at radius 2 is 1.86 bits per heavy atom. The summed E-state index contributed by atoms with van der Waals surface area (Å²) >= 11 is 0. The van der Waals surface area contributed by atoms with Crippen molar-refractivity contribution in [1.29, 1.82) is 0 Å². The predicted octanol–water partition coefficient (Wildman–Crippen LogP) is 1.74. The minimum atomic E-state index is -4.10. The number of amides is 4. The molecule has 1 aliphatic heterocycles. The highest BCUT2D eigenvalue weighted by Crippen LogP contribution is 2.24. The van der Waals surface area contributed by atoms with Gasteiger partial charge < -0.3 is 20.5 Å². The average Bonchev–Trinajstić information content (AvgIpc) is 3.08. The summed E-state index contributed by atoms with van der Waals surface area (Å²) in [4.78, 5) is 39.2. The number of aryl methyl sites for hydroxylation is 1. The molecule has 35 heavy (non-hydrogen) atoms. The number of carbonyl (C=O) groups excluding carboxylic acids is 2.